The van der Waals surface area contributed by atoms with Crippen molar-refractivity contribution in [2.45, 2.75) is 39.8 Å². The van der Waals surface area contributed by atoms with Gasteiger partial charge in [-0.15, -0.1) is 0 Å². The molecule has 3 rings (SSSR count). The van der Waals surface area contributed by atoms with Crippen molar-refractivity contribution >= 4 is 10.9 Å². The minimum absolute atomic E-state index is 1.06. The summed E-state index contributed by atoms with van der Waals surface area (Å²) >= 11 is 0. The van der Waals surface area contributed by atoms with E-state index >= 15 is 0 Å². The molecule has 1 saturated heterocycles. The van der Waals surface area contributed by atoms with Crippen LogP contribution in [0, 0.1) is 6.92 Å². The van der Waals surface area contributed by atoms with E-state index in [0.29, 0.717) is 0 Å². The second kappa shape index (κ2) is 4.77. The molecule has 0 amide bonds. The molecule has 0 saturated carbocycles. The quantitative estimate of drug-likeness (QED) is 0.799. The Bertz CT molecular complexity index is 547. The lowest BCUT2D eigenvalue weighted by Gasteiger charge is -2.13. The molecule has 2 aromatic rings. The van der Waals surface area contributed by atoms with Crippen molar-refractivity contribution in [2.75, 3.05) is 13.1 Å². The monoisotopic (exact) mass is 242 g/mol. The molecular weight excluding hydrogens is 220 g/mol. The lowest BCUT2D eigenvalue weighted by atomic mass is 10.1. The maximum atomic E-state index is 2.58. The van der Waals surface area contributed by atoms with Gasteiger partial charge in [0.15, 0.2) is 0 Å². The molecule has 1 aromatic carbocycles. The molecule has 18 heavy (non-hydrogen) atoms. The Morgan fingerprint density at radius 1 is 1.17 bits per heavy atom. The highest BCUT2D eigenvalue weighted by Crippen LogP contribution is 2.25. The summed E-state index contributed by atoms with van der Waals surface area (Å²) in [5, 5.41) is 1.44. The normalized spacial score (nSPS) is 16.8. The first-order valence-electron chi connectivity index (χ1n) is 7.08. The van der Waals surface area contributed by atoms with E-state index in [2.05, 4.69) is 47.7 Å². The number of likely N-dealkylation sites (tertiary alicyclic amines) is 1. The van der Waals surface area contributed by atoms with Crippen LogP contribution in [0.5, 0.6) is 0 Å². The molecule has 1 aliphatic rings. The lowest BCUT2D eigenvalue weighted by Crippen LogP contribution is -2.18. The molecule has 0 bridgehead atoms. The molecule has 0 spiro atoms. The van der Waals surface area contributed by atoms with Gasteiger partial charge in [-0.05, 0) is 57.0 Å². The minimum Gasteiger partial charge on any atom is -0.347 e. The van der Waals surface area contributed by atoms with Crippen LogP contribution in [0.2, 0.25) is 0 Å². The Morgan fingerprint density at radius 2 is 1.94 bits per heavy atom. The van der Waals surface area contributed by atoms with E-state index in [1.807, 2.05) is 0 Å². The van der Waals surface area contributed by atoms with Crippen LogP contribution in [0.25, 0.3) is 10.9 Å². The van der Waals surface area contributed by atoms with Gasteiger partial charge in [-0.2, -0.15) is 0 Å². The number of hydrogen-bond donors (Lipinski definition) is 0. The molecule has 1 fully saturated rings. The summed E-state index contributed by atoms with van der Waals surface area (Å²) in [5.74, 6) is 0. The summed E-state index contributed by atoms with van der Waals surface area (Å²) < 4.78 is 2.38. The lowest BCUT2D eigenvalue weighted by molar-refractivity contribution is 0.332. The van der Waals surface area contributed by atoms with Gasteiger partial charge < -0.3 is 4.57 Å². The average Bonchev–Trinajstić information content (AvgIpc) is 2.98. The number of fused-ring (bicyclic) bond motifs is 1. The fraction of sp³-hybridized carbons (Fsp3) is 0.500. The van der Waals surface area contributed by atoms with Crippen molar-refractivity contribution in [3.8, 4) is 0 Å². The van der Waals surface area contributed by atoms with Gasteiger partial charge in [-0.1, -0.05) is 12.1 Å². The SMILES string of the molecule is CCn1cc(CN2CCCC2)c2ccc(C)cc21. The number of rotatable bonds is 3. The number of benzene rings is 1. The van der Waals surface area contributed by atoms with Crippen LogP contribution in [0.4, 0.5) is 0 Å². The van der Waals surface area contributed by atoms with Crippen molar-refractivity contribution in [2.24, 2.45) is 0 Å². The van der Waals surface area contributed by atoms with Gasteiger partial charge in [-0.25, -0.2) is 0 Å². The number of aromatic nitrogens is 1. The van der Waals surface area contributed by atoms with E-state index < -0.39 is 0 Å². The van der Waals surface area contributed by atoms with Gasteiger partial charge in [-0.3, -0.25) is 4.90 Å². The molecule has 0 aliphatic carbocycles. The summed E-state index contributed by atoms with van der Waals surface area (Å²) in [6, 6.07) is 6.84. The highest BCUT2D eigenvalue weighted by molar-refractivity contribution is 5.84. The number of hydrogen-bond acceptors (Lipinski definition) is 1. The molecular formula is C16H22N2. The van der Waals surface area contributed by atoms with Crippen molar-refractivity contribution in [3.05, 3.63) is 35.5 Å². The topological polar surface area (TPSA) is 8.17 Å². The van der Waals surface area contributed by atoms with E-state index in [1.54, 1.807) is 0 Å². The molecule has 0 radical (unpaired) electrons. The van der Waals surface area contributed by atoms with Crippen LogP contribution >= 0.6 is 0 Å². The Labute approximate surface area is 109 Å². The zero-order chi connectivity index (χ0) is 12.5. The molecule has 2 heteroatoms. The summed E-state index contributed by atoms with van der Waals surface area (Å²) in [7, 11) is 0. The van der Waals surface area contributed by atoms with Crippen LogP contribution in [-0.4, -0.2) is 22.6 Å². The van der Waals surface area contributed by atoms with Crippen LogP contribution in [0.15, 0.2) is 24.4 Å². The molecule has 1 aromatic heterocycles. The molecule has 0 atom stereocenters. The second-order valence-electron chi connectivity index (χ2n) is 5.44. The predicted octanol–water partition coefficient (Wildman–Crippen LogP) is 3.57. The average molecular weight is 242 g/mol. The van der Waals surface area contributed by atoms with E-state index in [9.17, 15) is 0 Å². The Morgan fingerprint density at radius 3 is 2.67 bits per heavy atom. The van der Waals surface area contributed by atoms with Gasteiger partial charge in [0.05, 0.1) is 0 Å². The number of aryl methyl sites for hydroxylation is 2. The zero-order valence-electron chi connectivity index (χ0n) is 11.4. The molecule has 2 heterocycles. The van der Waals surface area contributed by atoms with Crippen molar-refractivity contribution in [1.82, 2.24) is 9.47 Å². The van der Waals surface area contributed by atoms with Gasteiger partial charge in [0.1, 0.15) is 0 Å². The third-order valence-electron chi connectivity index (χ3n) is 4.05. The second-order valence-corrected chi connectivity index (χ2v) is 5.44. The maximum Gasteiger partial charge on any atom is 0.0486 e. The molecule has 0 unspecified atom stereocenters. The Hall–Kier alpha value is -1.28. The molecule has 0 N–H and O–H groups in total. The largest absolute Gasteiger partial charge is 0.347 e. The summed E-state index contributed by atoms with van der Waals surface area (Å²) in [4.78, 5) is 2.58. The van der Waals surface area contributed by atoms with E-state index in [0.717, 1.165) is 13.1 Å². The third-order valence-corrected chi connectivity index (χ3v) is 4.05. The summed E-state index contributed by atoms with van der Waals surface area (Å²) in [5.41, 5.74) is 4.24. The maximum absolute atomic E-state index is 2.58. The van der Waals surface area contributed by atoms with Crippen LogP contribution < -0.4 is 0 Å². The van der Waals surface area contributed by atoms with Crippen molar-refractivity contribution in [1.29, 1.82) is 0 Å². The molecule has 2 nitrogen and oxygen atoms in total. The van der Waals surface area contributed by atoms with Crippen molar-refractivity contribution in [3.63, 3.8) is 0 Å². The van der Waals surface area contributed by atoms with Crippen molar-refractivity contribution < 1.29 is 0 Å². The predicted molar refractivity (Wildman–Crippen MR) is 76.9 cm³/mol. The van der Waals surface area contributed by atoms with Gasteiger partial charge in [0, 0.05) is 30.2 Å². The highest BCUT2D eigenvalue weighted by atomic mass is 15.1. The van der Waals surface area contributed by atoms with E-state index in [4.69, 9.17) is 0 Å². The summed E-state index contributed by atoms with van der Waals surface area (Å²) in [6.45, 7) is 9.11. The van der Waals surface area contributed by atoms with Gasteiger partial charge in [0.25, 0.3) is 0 Å². The fourth-order valence-corrected chi connectivity index (χ4v) is 3.05. The van der Waals surface area contributed by atoms with Crippen LogP contribution in [0.3, 0.4) is 0 Å². The van der Waals surface area contributed by atoms with E-state index in [-0.39, 0.29) is 0 Å². The minimum atomic E-state index is 1.06. The first kappa shape index (κ1) is 11.8. The smallest absolute Gasteiger partial charge is 0.0486 e. The van der Waals surface area contributed by atoms with E-state index in [1.165, 1.54) is 48.0 Å². The molecule has 96 valence electrons. The fourth-order valence-electron chi connectivity index (χ4n) is 3.05. The van der Waals surface area contributed by atoms with Gasteiger partial charge >= 0.3 is 0 Å². The summed E-state index contributed by atoms with van der Waals surface area (Å²) in [6.07, 6.45) is 5.08. The standard InChI is InChI=1S/C16H22N2/c1-3-18-12-14(11-17-8-4-5-9-17)15-7-6-13(2)10-16(15)18/h6-7,10,12H,3-5,8-9,11H2,1-2H3. The Kier molecular flexibility index (Phi) is 3.13. The zero-order valence-corrected chi connectivity index (χ0v) is 11.4. The Balaban J connectivity index is 2.00. The van der Waals surface area contributed by atoms with Crippen LogP contribution in [-0.2, 0) is 13.1 Å². The van der Waals surface area contributed by atoms with Gasteiger partial charge in [0.2, 0.25) is 0 Å². The highest BCUT2D eigenvalue weighted by Gasteiger charge is 2.15. The van der Waals surface area contributed by atoms with Crippen LogP contribution in [0.1, 0.15) is 30.9 Å². The number of nitrogens with zero attached hydrogens (tertiary/aromatic N) is 2. The first-order chi connectivity index (χ1) is 8.78. The molecule has 1 aliphatic heterocycles. The first-order valence-corrected chi connectivity index (χ1v) is 7.08. The third kappa shape index (κ3) is 2.05.